The first kappa shape index (κ1) is 32.9. The largest absolute Gasteiger partial charge is 0.492 e. The van der Waals surface area contributed by atoms with Crippen LogP contribution in [-0.4, -0.2) is 85.8 Å². The first-order valence-corrected chi connectivity index (χ1v) is 14.2. The number of anilines is 1. The van der Waals surface area contributed by atoms with E-state index in [1.54, 1.807) is 24.3 Å². The van der Waals surface area contributed by atoms with Crippen molar-refractivity contribution in [3.63, 3.8) is 0 Å². The highest BCUT2D eigenvalue weighted by atomic mass is 16.8. The molecule has 1 fully saturated rings. The van der Waals surface area contributed by atoms with E-state index in [-0.39, 0.29) is 18.9 Å². The fourth-order valence-corrected chi connectivity index (χ4v) is 4.95. The predicted octanol–water partition coefficient (Wildman–Crippen LogP) is 1.80. The zero-order valence-corrected chi connectivity index (χ0v) is 25.5. The monoisotopic (exact) mass is 625 g/mol. The van der Waals surface area contributed by atoms with Crippen LogP contribution in [0.1, 0.15) is 38.8 Å². The quantitative estimate of drug-likeness (QED) is 0.220. The van der Waals surface area contributed by atoms with Crippen LogP contribution in [0.15, 0.2) is 53.7 Å². The van der Waals surface area contributed by atoms with E-state index in [4.69, 9.17) is 28.5 Å². The molecule has 0 unspecified atom stereocenters. The van der Waals surface area contributed by atoms with Gasteiger partial charge in [-0.15, -0.1) is 0 Å². The average Bonchev–Trinajstić information content (AvgIpc) is 3.24. The lowest BCUT2D eigenvalue weighted by molar-refractivity contribution is -0.278. The molecule has 2 amide bonds. The lowest BCUT2D eigenvalue weighted by atomic mass is 9.96. The Bertz CT molecular complexity index is 1460. The first-order chi connectivity index (χ1) is 21.4. The second kappa shape index (κ2) is 14.7. The Balaban J connectivity index is 1.61. The van der Waals surface area contributed by atoms with Gasteiger partial charge in [0.05, 0.1) is 12.2 Å². The molecule has 14 heteroatoms. The highest BCUT2D eigenvalue weighted by molar-refractivity contribution is 6.54. The summed E-state index contributed by atoms with van der Waals surface area (Å²) >= 11 is 0. The highest BCUT2D eigenvalue weighted by Gasteiger charge is 2.52. The minimum Gasteiger partial charge on any atom is -0.492 e. The lowest BCUT2D eigenvalue weighted by Gasteiger charge is -2.43. The smallest absolute Gasteiger partial charge is 0.303 e. The molecule has 0 radical (unpaired) electrons. The van der Waals surface area contributed by atoms with Crippen molar-refractivity contribution in [2.24, 2.45) is 5.16 Å². The van der Waals surface area contributed by atoms with Crippen LogP contribution in [0, 0.1) is 6.92 Å². The molecule has 14 nitrogen and oxygen atoms in total. The molecule has 4 rings (SSSR count). The Morgan fingerprint density at radius 2 is 1.58 bits per heavy atom. The minimum absolute atomic E-state index is 0.0474. The SMILES string of the molecule is CC(=O)N[C@@H]1[C@H](O/N=C2/C(=O)N(CCOc3ccc(C)cc3)c3ccccc32)O[C@H](COC(C)=O)[C@@H](OC(C)=O)[C@H]1OC(C)=O. The summed E-state index contributed by atoms with van der Waals surface area (Å²) in [5.74, 6) is -2.51. The summed E-state index contributed by atoms with van der Waals surface area (Å²) < 4.78 is 27.8. The van der Waals surface area contributed by atoms with Crippen molar-refractivity contribution in [3.05, 3.63) is 59.7 Å². The molecular formula is C31H35N3O11. The molecule has 1 N–H and O–H groups in total. The second-order valence-corrected chi connectivity index (χ2v) is 10.4. The molecule has 2 aliphatic rings. The van der Waals surface area contributed by atoms with Gasteiger partial charge in [-0.1, -0.05) is 41.1 Å². The molecule has 2 aromatic carbocycles. The normalized spacial score (nSPS) is 23.1. The fraction of sp³-hybridized carbons (Fsp3) is 0.419. The van der Waals surface area contributed by atoms with Crippen LogP contribution in [-0.2, 0) is 47.8 Å². The van der Waals surface area contributed by atoms with E-state index in [9.17, 15) is 24.0 Å². The summed E-state index contributed by atoms with van der Waals surface area (Å²) in [7, 11) is 0. The van der Waals surface area contributed by atoms with E-state index >= 15 is 0 Å². The van der Waals surface area contributed by atoms with Gasteiger partial charge < -0.3 is 38.7 Å². The third-order valence-corrected chi connectivity index (χ3v) is 6.82. The van der Waals surface area contributed by atoms with Gasteiger partial charge in [0, 0.05) is 33.3 Å². The van der Waals surface area contributed by atoms with Crippen LogP contribution < -0.4 is 15.0 Å². The summed E-state index contributed by atoms with van der Waals surface area (Å²) in [6.45, 7) is 6.63. The van der Waals surface area contributed by atoms with Gasteiger partial charge in [0.2, 0.25) is 5.91 Å². The number of hydrogen-bond acceptors (Lipinski definition) is 12. The third-order valence-electron chi connectivity index (χ3n) is 6.82. The van der Waals surface area contributed by atoms with Gasteiger partial charge in [-0.25, -0.2) is 0 Å². The van der Waals surface area contributed by atoms with Crippen molar-refractivity contribution < 1.29 is 52.5 Å². The van der Waals surface area contributed by atoms with Crippen LogP contribution in [0.25, 0.3) is 0 Å². The van der Waals surface area contributed by atoms with Crippen molar-refractivity contribution in [2.45, 2.75) is 65.3 Å². The molecule has 0 spiro atoms. The fourth-order valence-electron chi connectivity index (χ4n) is 4.95. The number of nitrogens with zero attached hydrogens (tertiary/aromatic N) is 2. The number of nitrogens with one attached hydrogen (secondary N) is 1. The van der Waals surface area contributed by atoms with Crippen LogP contribution in [0.5, 0.6) is 5.75 Å². The lowest BCUT2D eigenvalue weighted by Crippen LogP contribution is -2.66. The van der Waals surface area contributed by atoms with E-state index in [1.807, 2.05) is 31.2 Å². The van der Waals surface area contributed by atoms with Crippen LogP contribution in [0.2, 0.25) is 0 Å². The number of carbonyl (C=O) groups is 5. The number of ether oxygens (including phenoxy) is 5. The Morgan fingerprint density at radius 3 is 2.22 bits per heavy atom. The minimum atomic E-state index is -1.48. The maximum Gasteiger partial charge on any atom is 0.303 e. The number of aryl methyl sites for hydroxylation is 1. The number of benzene rings is 2. The molecule has 0 bridgehead atoms. The van der Waals surface area contributed by atoms with Crippen molar-refractivity contribution in [1.82, 2.24) is 5.32 Å². The van der Waals surface area contributed by atoms with E-state index in [1.165, 1.54) is 18.7 Å². The van der Waals surface area contributed by atoms with Gasteiger partial charge >= 0.3 is 17.9 Å². The van der Waals surface area contributed by atoms with Crippen molar-refractivity contribution in [2.75, 3.05) is 24.7 Å². The zero-order valence-electron chi connectivity index (χ0n) is 25.5. The summed E-state index contributed by atoms with van der Waals surface area (Å²) in [4.78, 5) is 68.7. The summed E-state index contributed by atoms with van der Waals surface area (Å²) in [6, 6.07) is 13.3. The van der Waals surface area contributed by atoms with Gasteiger partial charge in [-0.05, 0) is 25.1 Å². The summed E-state index contributed by atoms with van der Waals surface area (Å²) in [6.07, 6.45) is -5.30. The molecule has 5 atom stereocenters. The molecular weight excluding hydrogens is 590 g/mol. The van der Waals surface area contributed by atoms with Crippen molar-refractivity contribution in [1.29, 1.82) is 0 Å². The Kier molecular flexibility index (Phi) is 10.7. The van der Waals surface area contributed by atoms with Gasteiger partial charge in [0.15, 0.2) is 17.9 Å². The number of para-hydroxylation sites is 1. The Labute approximate surface area is 259 Å². The summed E-state index contributed by atoms with van der Waals surface area (Å²) in [5.41, 5.74) is 2.11. The van der Waals surface area contributed by atoms with E-state index in [0.717, 1.165) is 19.4 Å². The Morgan fingerprint density at radius 1 is 0.911 bits per heavy atom. The number of fused-ring (bicyclic) bond motifs is 1. The van der Waals surface area contributed by atoms with Gasteiger partial charge in [-0.2, -0.15) is 0 Å². The van der Waals surface area contributed by atoms with Crippen molar-refractivity contribution >= 4 is 41.1 Å². The van der Waals surface area contributed by atoms with Crippen molar-refractivity contribution in [3.8, 4) is 5.75 Å². The molecule has 1 saturated heterocycles. The van der Waals surface area contributed by atoms with E-state index in [0.29, 0.717) is 17.0 Å². The second-order valence-electron chi connectivity index (χ2n) is 10.4. The number of carbonyl (C=O) groups excluding carboxylic acids is 5. The van der Waals surface area contributed by atoms with E-state index in [2.05, 4.69) is 10.5 Å². The highest BCUT2D eigenvalue weighted by Crippen LogP contribution is 2.31. The number of oxime groups is 1. The molecule has 2 aromatic rings. The molecule has 0 saturated carbocycles. The van der Waals surface area contributed by atoms with Gasteiger partial charge in [-0.3, -0.25) is 24.0 Å². The molecule has 240 valence electrons. The summed E-state index contributed by atoms with van der Waals surface area (Å²) in [5, 5.41) is 6.73. The Hall–Kier alpha value is -4.98. The third kappa shape index (κ3) is 8.35. The average molecular weight is 626 g/mol. The van der Waals surface area contributed by atoms with Crippen LogP contribution >= 0.6 is 0 Å². The maximum atomic E-state index is 13.6. The number of hydrogen-bond donors (Lipinski definition) is 1. The van der Waals surface area contributed by atoms with Crippen LogP contribution in [0.4, 0.5) is 5.69 Å². The molecule has 0 aliphatic carbocycles. The first-order valence-electron chi connectivity index (χ1n) is 14.2. The maximum absolute atomic E-state index is 13.6. The zero-order chi connectivity index (χ0) is 32.7. The topological polar surface area (TPSA) is 168 Å². The van der Waals surface area contributed by atoms with Gasteiger partial charge in [0.1, 0.15) is 31.1 Å². The number of amides is 2. The van der Waals surface area contributed by atoms with E-state index < -0.39 is 67.0 Å². The molecule has 2 aliphatic heterocycles. The number of rotatable bonds is 11. The van der Waals surface area contributed by atoms with Gasteiger partial charge in [0.25, 0.3) is 12.2 Å². The standard InChI is InChI=1S/C31H35N3O11/c1-17-10-12-22(13-11-17)40-15-14-34-24-9-7-6-8-23(24)26(30(34)39)33-45-31-27(32-18(2)35)29(43-21(5)38)28(42-20(4)37)25(44-31)16-41-19(3)36/h6-13,25,27-29,31H,14-16H2,1-5H3,(H,32,35)/b33-26+/t25-,27+,28-,29+,31+/m1/s1. The number of esters is 3. The predicted molar refractivity (Wildman–Crippen MR) is 157 cm³/mol. The molecule has 0 aromatic heterocycles. The molecule has 45 heavy (non-hydrogen) atoms. The van der Waals surface area contributed by atoms with Crippen LogP contribution in [0.3, 0.4) is 0 Å². The molecule has 2 heterocycles.